The van der Waals surface area contributed by atoms with Crippen molar-refractivity contribution in [2.45, 2.75) is 13.5 Å². The number of rotatable bonds is 5. The van der Waals surface area contributed by atoms with E-state index >= 15 is 0 Å². The van der Waals surface area contributed by atoms with Gasteiger partial charge in [0, 0.05) is 17.6 Å². The van der Waals surface area contributed by atoms with Crippen LogP contribution in [-0.2, 0) is 11.3 Å². The Bertz CT molecular complexity index is 1260. The molecule has 4 aromatic rings. The number of nitrogens with one attached hydrogen (secondary N) is 2. The molecule has 0 atom stereocenters. The van der Waals surface area contributed by atoms with Crippen molar-refractivity contribution in [2.75, 3.05) is 12.4 Å². The quantitative estimate of drug-likeness (QED) is 0.436. The van der Waals surface area contributed by atoms with Crippen molar-refractivity contribution in [3.63, 3.8) is 0 Å². The fourth-order valence-corrected chi connectivity index (χ4v) is 4.40. The Hall–Kier alpha value is -3.36. The molecule has 4 rings (SSSR count). The molecule has 2 N–H and O–H groups in total. The molecule has 0 fully saturated rings. The molecule has 2 aromatic carbocycles. The van der Waals surface area contributed by atoms with Crippen LogP contribution in [0.4, 0.5) is 10.5 Å². The minimum absolute atomic E-state index is 0.164. The number of hydrogen-bond acceptors (Lipinski definition) is 5. The lowest BCUT2D eigenvalue weighted by Gasteiger charge is -2.07. The SMILES string of the molecule is COC(=O)Nc1ccc(CNC(=O)c2cc3c(C)nn(-c4ccccc4Cl)c3s2)cc1. The average molecular weight is 455 g/mol. The summed E-state index contributed by atoms with van der Waals surface area (Å²) in [7, 11) is 1.31. The molecule has 0 radical (unpaired) electrons. The number of para-hydroxylation sites is 1. The summed E-state index contributed by atoms with van der Waals surface area (Å²) in [5.74, 6) is -0.164. The molecular weight excluding hydrogens is 436 g/mol. The van der Waals surface area contributed by atoms with Gasteiger partial charge in [0.25, 0.3) is 5.91 Å². The maximum atomic E-state index is 12.7. The summed E-state index contributed by atoms with van der Waals surface area (Å²) >= 11 is 7.71. The van der Waals surface area contributed by atoms with E-state index in [0.29, 0.717) is 22.1 Å². The van der Waals surface area contributed by atoms with Crippen LogP contribution in [0.5, 0.6) is 0 Å². The van der Waals surface area contributed by atoms with Gasteiger partial charge in [-0.05, 0) is 42.8 Å². The van der Waals surface area contributed by atoms with Crippen molar-refractivity contribution in [3.05, 3.63) is 75.8 Å². The number of thiophene rings is 1. The summed E-state index contributed by atoms with van der Waals surface area (Å²) in [6, 6.07) is 16.5. The Morgan fingerprint density at radius 2 is 1.90 bits per heavy atom. The number of amides is 2. The molecule has 158 valence electrons. The van der Waals surface area contributed by atoms with Crippen LogP contribution < -0.4 is 10.6 Å². The highest BCUT2D eigenvalue weighted by Gasteiger charge is 2.18. The zero-order valence-corrected chi connectivity index (χ0v) is 18.4. The molecule has 31 heavy (non-hydrogen) atoms. The standard InChI is InChI=1S/C22H19ClN4O3S/c1-13-16-11-19(31-21(16)27(26-13)18-6-4-3-5-17(18)23)20(28)24-12-14-7-9-15(10-8-14)25-22(29)30-2/h3-11H,12H2,1-2H3,(H,24,28)(H,25,29). The molecule has 0 unspecified atom stereocenters. The largest absolute Gasteiger partial charge is 0.453 e. The Balaban J connectivity index is 1.49. The zero-order chi connectivity index (χ0) is 22.0. The Labute approximate surface area is 187 Å². The van der Waals surface area contributed by atoms with E-state index in [1.165, 1.54) is 18.4 Å². The number of ether oxygens (including phenoxy) is 1. The van der Waals surface area contributed by atoms with Gasteiger partial charge in [0.2, 0.25) is 0 Å². The van der Waals surface area contributed by atoms with Crippen molar-refractivity contribution in [1.29, 1.82) is 0 Å². The van der Waals surface area contributed by atoms with Gasteiger partial charge in [0.05, 0.1) is 28.4 Å². The monoisotopic (exact) mass is 454 g/mol. The number of fused-ring (bicyclic) bond motifs is 1. The molecule has 2 aromatic heterocycles. The first kappa shape index (κ1) is 20.9. The molecule has 0 spiro atoms. The molecule has 0 saturated carbocycles. The molecular formula is C22H19ClN4O3S. The lowest BCUT2D eigenvalue weighted by molar-refractivity contribution is 0.0955. The highest BCUT2D eigenvalue weighted by molar-refractivity contribution is 7.20. The normalized spacial score (nSPS) is 10.8. The van der Waals surface area contributed by atoms with E-state index < -0.39 is 6.09 Å². The third kappa shape index (κ3) is 4.40. The van der Waals surface area contributed by atoms with Gasteiger partial charge >= 0.3 is 6.09 Å². The Morgan fingerprint density at radius 3 is 2.61 bits per heavy atom. The minimum Gasteiger partial charge on any atom is -0.453 e. The second-order valence-corrected chi connectivity index (χ2v) is 8.21. The number of benzene rings is 2. The van der Waals surface area contributed by atoms with Crippen molar-refractivity contribution < 1.29 is 14.3 Å². The second kappa shape index (κ2) is 8.79. The lowest BCUT2D eigenvalue weighted by Crippen LogP contribution is -2.21. The summed E-state index contributed by atoms with van der Waals surface area (Å²) < 4.78 is 6.34. The summed E-state index contributed by atoms with van der Waals surface area (Å²) in [5.41, 5.74) is 3.13. The first-order valence-corrected chi connectivity index (χ1v) is 10.6. The van der Waals surface area contributed by atoms with Crippen LogP contribution >= 0.6 is 22.9 Å². The smallest absolute Gasteiger partial charge is 0.411 e. The van der Waals surface area contributed by atoms with Crippen molar-refractivity contribution in [2.24, 2.45) is 0 Å². The first-order chi connectivity index (χ1) is 15.0. The van der Waals surface area contributed by atoms with Crippen LogP contribution in [0.25, 0.3) is 15.9 Å². The van der Waals surface area contributed by atoms with Crippen LogP contribution in [0, 0.1) is 6.92 Å². The number of anilines is 1. The number of halogens is 1. The van der Waals surface area contributed by atoms with Crippen molar-refractivity contribution in [3.8, 4) is 5.69 Å². The number of carbonyl (C=O) groups is 2. The highest BCUT2D eigenvalue weighted by Crippen LogP contribution is 2.32. The number of methoxy groups -OCH3 is 1. The molecule has 0 saturated heterocycles. The number of aryl methyl sites for hydroxylation is 1. The number of nitrogens with zero attached hydrogens (tertiary/aromatic N) is 2. The minimum atomic E-state index is -0.531. The first-order valence-electron chi connectivity index (χ1n) is 9.42. The summed E-state index contributed by atoms with van der Waals surface area (Å²) in [6.45, 7) is 2.27. The number of carbonyl (C=O) groups excluding carboxylic acids is 2. The maximum absolute atomic E-state index is 12.7. The predicted molar refractivity (Wildman–Crippen MR) is 122 cm³/mol. The fraction of sp³-hybridized carbons (Fsp3) is 0.136. The van der Waals surface area contributed by atoms with Crippen LogP contribution in [-0.4, -0.2) is 28.9 Å². The maximum Gasteiger partial charge on any atom is 0.411 e. The van der Waals surface area contributed by atoms with Crippen LogP contribution in [0.15, 0.2) is 54.6 Å². The van der Waals surface area contributed by atoms with E-state index in [0.717, 1.165) is 27.2 Å². The molecule has 2 heterocycles. The van der Waals surface area contributed by atoms with E-state index in [9.17, 15) is 9.59 Å². The second-order valence-electron chi connectivity index (χ2n) is 6.77. The molecule has 0 aliphatic heterocycles. The number of hydrogen-bond donors (Lipinski definition) is 2. The van der Waals surface area contributed by atoms with Crippen LogP contribution in [0.1, 0.15) is 20.9 Å². The predicted octanol–water partition coefficient (Wildman–Crippen LogP) is 5.16. The topological polar surface area (TPSA) is 85.2 Å². The Morgan fingerprint density at radius 1 is 1.16 bits per heavy atom. The third-order valence-electron chi connectivity index (χ3n) is 4.69. The van der Waals surface area contributed by atoms with Gasteiger partial charge in [0.1, 0.15) is 4.83 Å². The van der Waals surface area contributed by atoms with Gasteiger partial charge < -0.3 is 10.1 Å². The molecule has 7 nitrogen and oxygen atoms in total. The summed E-state index contributed by atoms with van der Waals surface area (Å²) in [4.78, 5) is 25.4. The van der Waals surface area contributed by atoms with Gasteiger partial charge in [-0.25, -0.2) is 9.48 Å². The van der Waals surface area contributed by atoms with Gasteiger partial charge in [-0.1, -0.05) is 35.9 Å². The van der Waals surface area contributed by atoms with Gasteiger partial charge in [-0.2, -0.15) is 5.10 Å². The van der Waals surface area contributed by atoms with Gasteiger partial charge in [-0.15, -0.1) is 11.3 Å². The Kier molecular flexibility index (Phi) is 5.92. The fourth-order valence-electron chi connectivity index (χ4n) is 3.09. The summed E-state index contributed by atoms with van der Waals surface area (Å²) in [6.07, 6.45) is -0.531. The lowest BCUT2D eigenvalue weighted by atomic mass is 10.2. The van der Waals surface area contributed by atoms with Crippen molar-refractivity contribution in [1.82, 2.24) is 15.1 Å². The van der Waals surface area contributed by atoms with E-state index in [1.807, 2.05) is 49.4 Å². The molecule has 0 aliphatic rings. The van der Waals surface area contributed by atoms with E-state index in [1.54, 1.807) is 16.8 Å². The average Bonchev–Trinajstić information content (AvgIpc) is 3.34. The summed E-state index contributed by atoms with van der Waals surface area (Å²) in [5, 5.41) is 11.6. The van der Waals surface area contributed by atoms with E-state index in [-0.39, 0.29) is 5.91 Å². The van der Waals surface area contributed by atoms with Crippen LogP contribution in [0.2, 0.25) is 5.02 Å². The van der Waals surface area contributed by atoms with Crippen molar-refractivity contribution >= 4 is 50.8 Å². The number of aromatic nitrogens is 2. The van der Waals surface area contributed by atoms with Gasteiger partial charge in [-0.3, -0.25) is 10.1 Å². The molecule has 9 heteroatoms. The molecule has 2 amide bonds. The van der Waals surface area contributed by atoms with Crippen LogP contribution in [0.3, 0.4) is 0 Å². The zero-order valence-electron chi connectivity index (χ0n) is 16.8. The van der Waals surface area contributed by atoms with Gasteiger partial charge in [0.15, 0.2) is 0 Å². The van der Waals surface area contributed by atoms with E-state index in [2.05, 4.69) is 20.5 Å². The third-order valence-corrected chi connectivity index (χ3v) is 6.12. The molecule has 0 bridgehead atoms. The molecule has 0 aliphatic carbocycles. The van der Waals surface area contributed by atoms with E-state index in [4.69, 9.17) is 11.6 Å². The highest BCUT2D eigenvalue weighted by atomic mass is 35.5.